The largest absolute Gasteiger partial charge is 0.499 e. The van der Waals surface area contributed by atoms with Crippen LogP contribution in [0.25, 0.3) is 0 Å². The fourth-order valence-electron chi connectivity index (χ4n) is 1.34. The molecule has 16 heavy (non-hydrogen) atoms. The number of benzene rings is 1. The molecule has 0 fully saturated rings. The molecule has 1 aliphatic heterocycles. The van der Waals surface area contributed by atoms with Gasteiger partial charge in [-0.1, -0.05) is 30.3 Å². The van der Waals surface area contributed by atoms with Crippen LogP contribution in [-0.2, 0) is 10.5 Å². The molecular formula is C12H14N2OS. The lowest BCUT2D eigenvalue weighted by molar-refractivity contribution is 0.278. The van der Waals surface area contributed by atoms with Gasteiger partial charge in [0.1, 0.15) is 5.76 Å². The first-order valence-corrected chi connectivity index (χ1v) is 6.06. The lowest BCUT2D eigenvalue weighted by atomic mass is 10.2. The molecule has 0 amide bonds. The molecule has 0 bridgehead atoms. The number of hydrazone groups is 1. The van der Waals surface area contributed by atoms with Gasteiger partial charge in [0.05, 0.1) is 13.3 Å². The molecule has 0 atom stereocenters. The van der Waals surface area contributed by atoms with Crippen molar-refractivity contribution in [3.05, 3.63) is 47.9 Å². The van der Waals surface area contributed by atoms with Crippen LogP contribution >= 0.6 is 11.9 Å². The molecule has 3 nitrogen and oxygen atoms in total. The molecule has 1 aromatic rings. The van der Waals surface area contributed by atoms with Gasteiger partial charge in [0.25, 0.3) is 0 Å². The quantitative estimate of drug-likeness (QED) is 0.749. The summed E-state index contributed by atoms with van der Waals surface area (Å²) in [6.07, 6.45) is 4.56. The van der Waals surface area contributed by atoms with E-state index in [9.17, 15) is 0 Å². The lowest BCUT2D eigenvalue weighted by Gasteiger charge is -2.17. The third kappa shape index (κ3) is 3.03. The SMILES string of the molecule is COC1=CN(SCc2ccccc2)N=CC1. The summed E-state index contributed by atoms with van der Waals surface area (Å²) in [4.78, 5) is 0. The summed E-state index contributed by atoms with van der Waals surface area (Å²) in [6, 6.07) is 10.3. The molecule has 0 saturated heterocycles. The Morgan fingerprint density at radius 3 is 2.94 bits per heavy atom. The Kier molecular flexibility index (Phi) is 3.88. The smallest absolute Gasteiger partial charge is 0.120 e. The van der Waals surface area contributed by atoms with E-state index in [0.29, 0.717) is 0 Å². The minimum atomic E-state index is 0.777. The number of hydrogen-bond donors (Lipinski definition) is 0. The Bertz CT molecular complexity index is 389. The van der Waals surface area contributed by atoms with E-state index in [0.717, 1.165) is 17.9 Å². The molecule has 84 valence electrons. The summed E-state index contributed by atoms with van der Waals surface area (Å²) in [5.74, 6) is 1.85. The molecule has 0 saturated carbocycles. The monoisotopic (exact) mass is 234 g/mol. The van der Waals surface area contributed by atoms with Gasteiger partial charge in [-0.3, -0.25) is 0 Å². The van der Waals surface area contributed by atoms with E-state index in [1.165, 1.54) is 5.56 Å². The average Bonchev–Trinajstić information content (AvgIpc) is 2.38. The van der Waals surface area contributed by atoms with Crippen molar-refractivity contribution in [1.82, 2.24) is 4.41 Å². The highest BCUT2D eigenvalue weighted by atomic mass is 32.2. The van der Waals surface area contributed by atoms with Gasteiger partial charge in [-0.05, 0) is 17.5 Å². The van der Waals surface area contributed by atoms with E-state index in [-0.39, 0.29) is 0 Å². The summed E-state index contributed by atoms with van der Waals surface area (Å²) in [7, 11) is 1.69. The molecular weight excluding hydrogens is 220 g/mol. The van der Waals surface area contributed by atoms with Crippen LogP contribution in [0, 0.1) is 0 Å². The zero-order valence-corrected chi connectivity index (χ0v) is 9.98. The molecule has 0 unspecified atom stereocenters. The van der Waals surface area contributed by atoms with Gasteiger partial charge in [0, 0.05) is 18.4 Å². The van der Waals surface area contributed by atoms with Crippen molar-refractivity contribution in [2.24, 2.45) is 5.10 Å². The zero-order valence-electron chi connectivity index (χ0n) is 9.17. The van der Waals surface area contributed by atoms with Gasteiger partial charge < -0.3 is 4.74 Å². The van der Waals surface area contributed by atoms with E-state index in [1.54, 1.807) is 19.1 Å². The summed E-state index contributed by atoms with van der Waals surface area (Å²) in [5.41, 5.74) is 1.29. The van der Waals surface area contributed by atoms with Crippen LogP contribution in [-0.4, -0.2) is 17.7 Å². The maximum absolute atomic E-state index is 5.19. The molecule has 1 aromatic carbocycles. The first-order chi connectivity index (χ1) is 7.88. The van der Waals surface area contributed by atoms with Crippen LogP contribution in [0.2, 0.25) is 0 Å². The molecule has 0 N–H and O–H groups in total. The summed E-state index contributed by atoms with van der Waals surface area (Å²) in [5, 5.41) is 4.26. The molecule has 0 aliphatic carbocycles. The third-order valence-electron chi connectivity index (χ3n) is 2.21. The van der Waals surface area contributed by atoms with Crippen molar-refractivity contribution in [1.29, 1.82) is 0 Å². The average molecular weight is 234 g/mol. The summed E-state index contributed by atoms with van der Waals surface area (Å²) in [6.45, 7) is 0. The second-order valence-electron chi connectivity index (χ2n) is 3.36. The van der Waals surface area contributed by atoms with Crippen molar-refractivity contribution < 1.29 is 4.74 Å². The van der Waals surface area contributed by atoms with Gasteiger partial charge in [0.15, 0.2) is 0 Å². The lowest BCUT2D eigenvalue weighted by Crippen LogP contribution is -2.08. The van der Waals surface area contributed by atoms with Gasteiger partial charge >= 0.3 is 0 Å². The normalized spacial score (nSPS) is 14.8. The minimum Gasteiger partial charge on any atom is -0.499 e. The number of nitrogens with zero attached hydrogens (tertiary/aromatic N) is 2. The van der Waals surface area contributed by atoms with Crippen LogP contribution in [0.5, 0.6) is 0 Å². The van der Waals surface area contributed by atoms with E-state index in [4.69, 9.17) is 4.74 Å². The maximum Gasteiger partial charge on any atom is 0.120 e. The molecule has 1 aliphatic rings. The fourth-order valence-corrected chi connectivity index (χ4v) is 2.14. The zero-order chi connectivity index (χ0) is 11.2. The van der Waals surface area contributed by atoms with Crippen LogP contribution in [0.15, 0.2) is 47.4 Å². The van der Waals surface area contributed by atoms with Gasteiger partial charge in [-0.25, -0.2) is 4.41 Å². The number of ether oxygens (including phenoxy) is 1. The number of allylic oxidation sites excluding steroid dienone is 1. The van der Waals surface area contributed by atoms with E-state index in [2.05, 4.69) is 17.2 Å². The Hall–Kier alpha value is -1.42. The first-order valence-electron chi connectivity index (χ1n) is 5.11. The Labute approximate surface area is 99.9 Å². The van der Waals surface area contributed by atoms with E-state index >= 15 is 0 Å². The maximum atomic E-state index is 5.19. The number of hydrogen-bond acceptors (Lipinski definition) is 4. The minimum absolute atomic E-state index is 0.777. The standard InChI is InChI=1S/C12H14N2OS/c1-15-12-7-8-13-14(9-12)16-10-11-5-3-2-4-6-11/h2-6,8-9H,7,10H2,1H3. The van der Waals surface area contributed by atoms with Crippen LogP contribution in [0.1, 0.15) is 12.0 Å². The molecule has 2 rings (SSSR count). The highest BCUT2D eigenvalue weighted by molar-refractivity contribution is 7.96. The van der Waals surface area contributed by atoms with Crippen molar-refractivity contribution >= 4 is 18.2 Å². The van der Waals surface area contributed by atoms with E-state index < -0.39 is 0 Å². The molecule has 0 spiro atoms. The highest BCUT2D eigenvalue weighted by Crippen LogP contribution is 2.21. The number of rotatable bonds is 4. The van der Waals surface area contributed by atoms with E-state index in [1.807, 2.05) is 35.0 Å². The topological polar surface area (TPSA) is 24.8 Å². The Balaban J connectivity index is 1.89. The van der Waals surface area contributed by atoms with Crippen molar-refractivity contribution in [2.75, 3.05) is 7.11 Å². The van der Waals surface area contributed by atoms with Crippen molar-refractivity contribution in [3.8, 4) is 0 Å². The predicted molar refractivity (Wildman–Crippen MR) is 67.8 cm³/mol. The Morgan fingerprint density at radius 1 is 1.38 bits per heavy atom. The highest BCUT2D eigenvalue weighted by Gasteiger charge is 2.06. The third-order valence-corrected chi connectivity index (χ3v) is 3.14. The van der Waals surface area contributed by atoms with Gasteiger partial charge in [-0.2, -0.15) is 5.10 Å². The molecule has 0 aromatic heterocycles. The van der Waals surface area contributed by atoms with Crippen LogP contribution in [0.3, 0.4) is 0 Å². The fraction of sp³-hybridized carbons (Fsp3) is 0.250. The molecule has 0 radical (unpaired) electrons. The molecule has 1 heterocycles. The number of methoxy groups -OCH3 is 1. The predicted octanol–water partition coefficient (Wildman–Crippen LogP) is 3.01. The van der Waals surface area contributed by atoms with Crippen molar-refractivity contribution in [2.45, 2.75) is 12.2 Å². The van der Waals surface area contributed by atoms with Crippen LogP contribution in [0.4, 0.5) is 0 Å². The first kappa shape index (κ1) is 11.1. The Morgan fingerprint density at radius 2 is 2.19 bits per heavy atom. The van der Waals surface area contributed by atoms with Gasteiger partial charge in [-0.15, -0.1) is 0 Å². The summed E-state index contributed by atoms with van der Waals surface area (Å²) >= 11 is 1.65. The second kappa shape index (κ2) is 5.61. The van der Waals surface area contributed by atoms with Gasteiger partial charge in [0.2, 0.25) is 0 Å². The summed E-state index contributed by atoms with van der Waals surface area (Å²) < 4.78 is 7.03. The van der Waals surface area contributed by atoms with Crippen molar-refractivity contribution in [3.63, 3.8) is 0 Å². The molecule has 4 heteroatoms. The second-order valence-corrected chi connectivity index (χ2v) is 4.28. The van der Waals surface area contributed by atoms with Crippen LogP contribution < -0.4 is 0 Å².